The van der Waals surface area contributed by atoms with Crippen molar-refractivity contribution in [2.75, 3.05) is 13.2 Å². The van der Waals surface area contributed by atoms with E-state index in [1.807, 2.05) is 0 Å². The zero-order valence-corrected chi connectivity index (χ0v) is 22.8. The third-order valence-electron chi connectivity index (χ3n) is 6.93. The molecule has 0 unspecified atom stereocenters. The highest BCUT2D eigenvalue weighted by molar-refractivity contribution is 5.86. The molecule has 0 fully saturated rings. The summed E-state index contributed by atoms with van der Waals surface area (Å²) in [5.41, 5.74) is 11.2. The molecule has 0 aliphatic rings. The predicted octanol–water partition coefficient (Wildman–Crippen LogP) is 7.24. The molecule has 0 heterocycles. The van der Waals surface area contributed by atoms with Crippen molar-refractivity contribution in [2.24, 2.45) is 0 Å². The summed E-state index contributed by atoms with van der Waals surface area (Å²) in [5, 5.41) is 9.16. The van der Waals surface area contributed by atoms with E-state index in [0.29, 0.717) is 12.2 Å². The van der Waals surface area contributed by atoms with Gasteiger partial charge >= 0.3 is 5.97 Å². The van der Waals surface area contributed by atoms with Gasteiger partial charge in [-0.05, 0) is 103 Å². The van der Waals surface area contributed by atoms with Gasteiger partial charge in [0, 0.05) is 12.2 Å². The van der Waals surface area contributed by atoms with Gasteiger partial charge in [0.15, 0.2) is 0 Å². The smallest absolute Gasteiger partial charge is 0.333 e. The molecule has 0 spiro atoms. The largest absolute Gasteiger partial charge is 0.462 e. The summed E-state index contributed by atoms with van der Waals surface area (Å²) in [6.07, 6.45) is 7.49. The first-order chi connectivity index (χ1) is 17.9. The van der Waals surface area contributed by atoms with Crippen LogP contribution in [0, 0.1) is 0 Å². The van der Waals surface area contributed by atoms with E-state index in [1.165, 1.54) is 44.5 Å². The molecule has 196 valence electrons. The first-order valence-electron chi connectivity index (χ1n) is 13.7. The van der Waals surface area contributed by atoms with E-state index in [9.17, 15) is 4.79 Å². The Hall–Kier alpha value is -3.17. The zero-order valence-electron chi connectivity index (χ0n) is 22.8. The van der Waals surface area contributed by atoms with Crippen molar-refractivity contribution in [3.8, 4) is 11.1 Å². The fourth-order valence-corrected chi connectivity index (χ4v) is 4.72. The maximum absolute atomic E-state index is 11.5. The molecule has 1 N–H and O–H groups in total. The molecule has 0 amide bonds. The molecule has 0 aliphatic heterocycles. The Labute approximate surface area is 223 Å². The third kappa shape index (κ3) is 8.43. The van der Waals surface area contributed by atoms with E-state index in [0.717, 1.165) is 51.4 Å². The summed E-state index contributed by atoms with van der Waals surface area (Å²) in [7, 11) is 0. The molecule has 37 heavy (non-hydrogen) atoms. The fourth-order valence-electron chi connectivity index (χ4n) is 4.72. The molecule has 0 bridgehead atoms. The Morgan fingerprint density at radius 2 is 1.19 bits per heavy atom. The number of aliphatic hydroxyl groups is 1. The number of benzene rings is 3. The number of carbonyl (C=O) groups is 1. The zero-order chi connectivity index (χ0) is 26.6. The van der Waals surface area contributed by atoms with Gasteiger partial charge < -0.3 is 9.84 Å². The quantitative estimate of drug-likeness (QED) is 0.145. The molecule has 3 heteroatoms. The second kappa shape index (κ2) is 14.5. The summed E-state index contributed by atoms with van der Waals surface area (Å²) in [6, 6.07) is 22.6. The molecule has 0 saturated heterocycles. The molecule has 3 aromatic rings. The topological polar surface area (TPSA) is 46.5 Å². The van der Waals surface area contributed by atoms with Crippen molar-refractivity contribution < 1.29 is 14.6 Å². The molecule has 0 atom stereocenters. The summed E-state index contributed by atoms with van der Waals surface area (Å²) >= 11 is 0. The summed E-state index contributed by atoms with van der Waals surface area (Å²) in [6.45, 7) is 10.4. The van der Waals surface area contributed by atoms with E-state index >= 15 is 0 Å². The molecular weight excluding hydrogens is 456 g/mol. The number of esters is 1. The minimum atomic E-state index is -0.312. The lowest BCUT2D eigenvalue weighted by Crippen LogP contribution is -2.06. The predicted molar refractivity (Wildman–Crippen MR) is 154 cm³/mol. The lowest BCUT2D eigenvalue weighted by atomic mass is 9.89. The molecule has 3 rings (SSSR count). The Kier molecular flexibility index (Phi) is 11.2. The number of aliphatic hydroxyl groups excluding tert-OH is 1. The second-order valence-corrected chi connectivity index (χ2v) is 9.85. The van der Waals surface area contributed by atoms with Gasteiger partial charge in [0.2, 0.25) is 0 Å². The van der Waals surface area contributed by atoms with Crippen LogP contribution in [-0.2, 0) is 48.1 Å². The van der Waals surface area contributed by atoms with Crippen LogP contribution < -0.4 is 0 Å². The molecule has 0 saturated carbocycles. The van der Waals surface area contributed by atoms with E-state index in [4.69, 9.17) is 9.84 Å². The van der Waals surface area contributed by atoms with Gasteiger partial charge in [-0.3, -0.25) is 0 Å². The maximum atomic E-state index is 11.5. The van der Waals surface area contributed by atoms with Crippen LogP contribution in [-0.4, -0.2) is 24.3 Å². The summed E-state index contributed by atoms with van der Waals surface area (Å²) in [5.74, 6) is -0.312. The molecule has 0 aromatic heterocycles. The number of aryl methyl sites for hydroxylation is 6. The SMILES string of the molecule is C=C(C)C(=O)OCCCc1ccc(CCc2ccc(-c3ccc(CCCO)cc3CC)c(CC)c2)cc1. The van der Waals surface area contributed by atoms with Crippen LogP contribution >= 0.6 is 0 Å². The first-order valence-corrected chi connectivity index (χ1v) is 13.7. The van der Waals surface area contributed by atoms with Crippen LogP contribution in [0.25, 0.3) is 11.1 Å². The normalized spacial score (nSPS) is 10.9. The number of hydrogen-bond acceptors (Lipinski definition) is 3. The van der Waals surface area contributed by atoms with Crippen LogP contribution in [0.4, 0.5) is 0 Å². The van der Waals surface area contributed by atoms with Crippen LogP contribution in [0.2, 0.25) is 0 Å². The highest BCUT2D eigenvalue weighted by atomic mass is 16.5. The highest BCUT2D eigenvalue weighted by Gasteiger charge is 2.11. The fraction of sp³-hybridized carbons (Fsp3) is 0.382. The van der Waals surface area contributed by atoms with Crippen molar-refractivity contribution in [2.45, 2.75) is 72.1 Å². The Balaban J connectivity index is 1.60. The lowest BCUT2D eigenvalue weighted by Gasteiger charge is -2.16. The van der Waals surface area contributed by atoms with Crippen LogP contribution in [0.5, 0.6) is 0 Å². The van der Waals surface area contributed by atoms with Gasteiger partial charge in [-0.15, -0.1) is 0 Å². The van der Waals surface area contributed by atoms with Crippen molar-refractivity contribution in [3.63, 3.8) is 0 Å². The summed E-state index contributed by atoms with van der Waals surface area (Å²) < 4.78 is 5.18. The van der Waals surface area contributed by atoms with Gasteiger partial charge in [-0.25, -0.2) is 4.79 Å². The molecule has 0 aliphatic carbocycles. The Morgan fingerprint density at radius 3 is 1.70 bits per heavy atom. The highest BCUT2D eigenvalue weighted by Crippen LogP contribution is 2.30. The Bertz CT molecular complexity index is 1170. The summed E-state index contributed by atoms with van der Waals surface area (Å²) in [4.78, 5) is 11.5. The van der Waals surface area contributed by atoms with Gasteiger partial charge in [0.1, 0.15) is 0 Å². The molecule has 3 aromatic carbocycles. The van der Waals surface area contributed by atoms with E-state index in [-0.39, 0.29) is 12.6 Å². The second-order valence-electron chi connectivity index (χ2n) is 9.85. The Morgan fingerprint density at radius 1 is 0.730 bits per heavy atom. The number of carbonyl (C=O) groups excluding carboxylic acids is 1. The van der Waals surface area contributed by atoms with Crippen molar-refractivity contribution in [3.05, 3.63) is 106 Å². The minimum absolute atomic E-state index is 0.240. The van der Waals surface area contributed by atoms with E-state index in [1.54, 1.807) is 6.92 Å². The molecular formula is C34H42O3. The minimum Gasteiger partial charge on any atom is -0.462 e. The van der Waals surface area contributed by atoms with Crippen molar-refractivity contribution in [1.82, 2.24) is 0 Å². The molecule has 0 radical (unpaired) electrons. The van der Waals surface area contributed by atoms with Gasteiger partial charge in [0.05, 0.1) is 6.61 Å². The standard InChI is InChI=1S/C34H42O3/c1-5-30-23-28(9-7-21-35)17-19-32(30)33-20-18-29(24-31(33)6-2)16-15-27-13-11-26(12-14-27)10-8-22-37-34(36)25(3)4/h11-14,17-20,23-24,35H,3,5-10,15-16,21-22H2,1-2,4H3. The first kappa shape index (κ1) is 28.4. The number of ether oxygens (including phenoxy) is 1. The number of rotatable bonds is 14. The van der Waals surface area contributed by atoms with Crippen LogP contribution in [0.15, 0.2) is 72.8 Å². The maximum Gasteiger partial charge on any atom is 0.333 e. The van der Waals surface area contributed by atoms with Crippen molar-refractivity contribution in [1.29, 1.82) is 0 Å². The van der Waals surface area contributed by atoms with Crippen LogP contribution in [0.3, 0.4) is 0 Å². The molecule has 3 nitrogen and oxygen atoms in total. The van der Waals surface area contributed by atoms with Crippen molar-refractivity contribution >= 4 is 5.97 Å². The monoisotopic (exact) mass is 498 g/mol. The average molecular weight is 499 g/mol. The van der Waals surface area contributed by atoms with E-state index in [2.05, 4.69) is 81.1 Å². The van der Waals surface area contributed by atoms with Gasteiger partial charge in [-0.1, -0.05) is 81.1 Å². The number of hydrogen-bond donors (Lipinski definition) is 1. The average Bonchev–Trinajstić information content (AvgIpc) is 2.93. The van der Waals surface area contributed by atoms with Crippen LogP contribution in [0.1, 0.15) is 67.0 Å². The lowest BCUT2D eigenvalue weighted by molar-refractivity contribution is -0.139. The van der Waals surface area contributed by atoms with Gasteiger partial charge in [0.25, 0.3) is 0 Å². The van der Waals surface area contributed by atoms with E-state index < -0.39 is 0 Å². The third-order valence-corrected chi connectivity index (χ3v) is 6.93. The van der Waals surface area contributed by atoms with Gasteiger partial charge in [-0.2, -0.15) is 0 Å².